The van der Waals surface area contributed by atoms with Crippen molar-refractivity contribution in [1.82, 2.24) is 4.90 Å². The third-order valence-corrected chi connectivity index (χ3v) is 5.60. The van der Waals surface area contributed by atoms with Crippen LogP contribution in [0.15, 0.2) is 24.3 Å². The Morgan fingerprint density at radius 3 is 2.45 bits per heavy atom. The van der Waals surface area contributed by atoms with Gasteiger partial charge in [0.1, 0.15) is 0 Å². The molecule has 20 heavy (non-hydrogen) atoms. The minimum atomic E-state index is -2.91. The second kappa shape index (κ2) is 7.37. The summed E-state index contributed by atoms with van der Waals surface area (Å²) in [7, 11) is -2.91. The molecule has 0 spiro atoms. The van der Waals surface area contributed by atoms with Crippen molar-refractivity contribution in [1.29, 1.82) is 0 Å². The zero-order valence-electron chi connectivity index (χ0n) is 12.4. The quantitative estimate of drug-likeness (QED) is 0.724. The molecule has 0 amide bonds. The van der Waals surface area contributed by atoms with Crippen LogP contribution in [0.25, 0.3) is 0 Å². The van der Waals surface area contributed by atoms with Gasteiger partial charge in [0.15, 0.2) is 0 Å². The Bertz CT molecular complexity index is 468. The van der Waals surface area contributed by atoms with E-state index in [-0.39, 0.29) is 0 Å². The molecule has 1 aromatic rings. The van der Waals surface area contributed by atoms with E-state index in [1.165, 1.54) is 11.1 Å². The van der Waals surface area contributed by atoms with E-state index in [4.69, 9.17) is 9.05 Å². The summed E-state index contributed by atoms with van der Waals surface area (Å²) in [6.07, 6.45) is 1.53. The summed E-state index contributed by atoms with van der Waals surface area (Å²) in [5, 5.41) is 0. The van der Waals surface area contributed by atoms with Gasteiger partial charge in [-0.2, -0.15) is 0 Å². The first kappa shape index (κ1) is 15.7. The molecule has 1 aliphatic rings. The van der Waals surface area contributed by atoms with Gasteiger partial charge in [-0.1, -0.05) is 24.3 Å². The van der Waals surface area contributed by atoms with E-state index in [0.29, 0.717) is 19.4 Å². The highest BCUT2D eigenvalue weighted by Gasteiger charge is 2.25. The Labute approximate surface area is 121 Å². The molecule has 0 fully saturated rings. The Kier molecular flexibility index (Phi) is 5.79. The molecule has 0 N–H and O–H groups in total. The lowest BCUT2D eigenvalue weighted by Crippen LogP contribution is -2.33. The van der Waals surface area contributed by atoms with E-state index >= 15 is 0 Å². The molecule has 0 unspecified atom stereocenters. The van der Waals surface area contributed by atoms with E-state index in [1.54, 1.807) is 0 Å². The summed E-state index contributed by atoms with van der Waals surface area (Å²) in [4.78, 5) is 2.33. The summed E-state index contributed by atoms with van der Waals surface area (Å²) < 4.78 is 23.1. The summed E-state index contributed by atoms with van der Waals surface area (Å²) >= 11 is 0. The average Bonchev–Trinajstić information content (AvgIpc) is 2.46. The normalized spacial score (nSPS) is 16.1. The number of hydrogen-bond donors (Lipinski definition) is 0. The van der Waals surface area contributed by atoms with Crippen LogP contribution in [0.4, 0.5) is 0 Å². The van der Waals surface area contributed by atoms with Crippen molar-refractivity contribution in [3.63, 3.8) is 0 Å². The van der Waals surface area contributed by atoms with E-state index in [2.05, 4.69) is 29.2 Å². The minimum absolute atomic E-state index is 0.431. The van der Waals surface area contributed by atoms with Crippen LogP contribution in [0.5, 0.6) is 0 Å². The number of fused-ring (bicyclic) bond motifs is 1. The maximum Gasteiger partial charge on any atom is 0.331 e. The Balaban J connectivity index is 1.90. The fraction of sp³-hybridized carbons (Fsp3) is 0.600. The van der Waals surface area contributed by atoms with E-state index in [1.807, 2.05) is 13.8 Å². The third-order valence-electron chi connectivity index (χ3n) is 3.55. The van der Waals surface area contributed by atoms with Gasteiger partial charge in [0.25, 0.3) is 0 Å². The van der Waals surface area contributed by atoms with Crippen molar-refractivity contribution in [3.05, 3.63) is 35.4 Å². The molecule has 0 saturated carbocycles. The van der Waals surface area contributed by atoms with Crippen LogP contribution < -0.4 is 0 Å². The second-order valence-electron chi connectivity index (χ2n) is 4.96. The summed E-state index contributed by atoms with van der Waals surface area (Å²) in [5.74, 6) is 0. The van der Waals surface area contributed by atoms with Crippen LogP contribution in [-0.2, 0) is 26.6 Å². The van der Waals surface area contributed by atoms with Gasteiger partial charge in [-0.25, -0.2) is 0 Å². The Morgan fingerprint density at radius 2 is 1.80 bits per heavy atom. The van der Waals surface area contributed by atoms with Crippen LogP contribution in [0.1, 0.15) is 25.0 Å². The molecule has 0 aromatic heterocycles. The summed E-state index contributed by atoms with van der Waals surface area (Å²) in [6, 6.07) is 8.53. The SMILES string of the molecule is CCOP(=O)(CCN1CCc2ccccc2C1)OCC. The monoisotopic (exact) mass is 297 g/mol. The lowest BCUT2D eigenvalue weighted by Gasteiger charge is -2.29. The predicted octanol–water partition coefficient (Wildman–Crippen LogP) is 3.31. The number of benzene rings is 1. The van der Waals surface area contributed by atoms with Crippen molar-refractivity contribution < 1.29 is 13.6 Å². The topological polar surface area (TPSA) is 38.8 Å². The second-order valence-corrected chi connectivity index (χ2v) is 7.15. The molecular weight excluding hydrogens is 273 g/mol. The molecule has 4 nitrogen and oxygen atoms in total. The molecule has 5 heteroatoms. The molecule has 0 radical (unpaired) electrons. The fourth-order valence-electron chi connectivity index (χ4n) is 2.57. The first-order valence-corrected chi connectivity index (χ1v) is 9.07. The van der Waals surface area contributed by atoms with Gasteiger partial charge in [-0.15, -0.1) is 0 Å². The lowest BCUT2D eigenvalue weighted by molar-refractivity contribution is 0.208. The van der Waals surface area contributed by atoms with Crippen LogP contribution >= 0.6 is 7.60 Å². The zero-order valence-corrected chi connectivity index (χ0v) is 13.3. The summed E-state index contributed by atoms with van der Waals surface area (Å²) in [6.45, 7) is 7.25. The van der Waals surface area contributed by atoms with Crippen molar-refractivity contribution in [2.75, 3.05) is 32.5 Å². The first-order valence-electron chi connectivity index (χ1n) is 7.34. The van der Waals surface area contributed by atoms with Crippen LogP contribution in [0.2, 0.25) is 0 Å². The highest BCUT2D eigenvalue weighted by molar-refractivity contribution is 7.53. The number of hydrogen-bond acceptors (Lipinski definition) is 4. The Hall–Kier alpha value is -0.670. The van der Waals surface area contributed by atoms with Gasteiger partial charge in [0.05, 0.1) is 19.4 Å². The van der Waals surface area contributed by atoms with Crippen molar-refractivity contribution >= 4 is 7.60 Å². The van der Waals surface area contributed by atoms with E-state index in [0.717, 1.165) is 26.1 Å². The van der Waals surface area contributed by atoms with E-state index < -0.39 is 7.60 Å². The minimum Gasteiger partial charge on any atom is -0.309 e. The molecule has 112 valence electrons. The maximum atomic E-state index is 12.4. The third kappa shape index (κ3) is 4.16. The zero-order chi connectivity index (χ0) is 14.4. The van der Waals surface area contributed by atoms with Crippen LogP contribution in [-0.4, -0.2) is 37.4 Å². The van der Waals surface area contributed by atoms with Crippen LogP contribution in [0, 0.1) is 0 Å². The van der Waals surface area contributed by atoms with Gasteiger partial charge in [-0.3, -0.25) is 9.46 Å². The van der Waals surface area contributed by atoms with Gasteiger partial charge in [0.2, 0.25) is 0 Å². The first-order chi connectivity index (χ1) is 9.67. The van der Waals surface area contributed by atoms with Crippen molar-refractivity contribution in [2.24, 2.45) is 0 Å². The van der Waals surface area contributed by atoms with Gasteiger partial charge in [0, 0.05) is 19.6 Å². The molecule has 1 aliphatic heterocycles. The number of nitrogens with zero attached hydrogens (tertiary/aromatic N) is 1. The molecule has 0 atom stereocenters. The maximum absolute atomic E-state index is 12.4. The lowest BCUT2D eigenvalue weighted by atomic mass is 10.0. The predicted molar refractivity (Wildman–Crippen MR) is 81.1 cm³/mol. The smallest absolute Gasteiger partial charge is 0.309 e. The average molecular weight is 297 g/mol. The van der Waals surface area contributed by atoms with Crippen molar-refractivity contribution in [3.8, 4) is 0 Å². The van der Waals surface area contributed by atoms with E-state index in [9.17, 15) is 4.57 Å². The van der Waals surface area contributed by atoms with Gasteiger partial charge < -0.3 is 9.05 Å². The molecule has 1 aromatic carbocycles. The molecule has 2 rings (SSSR count). The molecule has 1 heterocycles. The Morgan fingerprint density at radius 1 is 1.15 bits per heavy atom. The molecular formula is C15H24NO3P. The highest BCUT2D eigenvalue weighted by atomic mass is 31.2. The molecule has 0 bridgehead atoms. The number of rotatable bonds is 7. The largest absolute Gasteiger partial charge is 0.331 e. The van der Waals surface area contributed by atoms with Gasteiger partial charge >= 0.3 is 7.60 Å². The molecule has 0 saturated heterocycles. The van der Waals surface area contributed by atoms with Crippen molar-refractivity contribution in [2.45, 2.75) is 26.8 Å². The molecule has 0 aliphatic carbocycles. The van der Waals surface area contributed by atoms with Gasteiger partial charge in [-0.05, 0) is 31.4 Å². The fourth-order valence-corrected chi connectivity index (χ4v) is 4.22. The summed E-state index contributed by atoms with van der Waals surface area (Å²) in [5.41, 5.74) is 2.81. The standard InChI is InChI=1S/C15H24NO3P/c1-3-18-20(17,19-4-2)12-11-16-10-9-14-7-5-6-8-15(14)13-16/h5-8H,3-4,9-13H2,1-2H3. The van der Waals surface area contributed by atoms with Crippen LogP contribution in [0.3, 0.4) is 0 Å². The highest BCUT2D eigenvalue weighted by Crippen LogP contribution is 2.47.